The van der Waals surface area contributed by atoms with Gasteiger partial charge < -0.3 is 14.9 Å². The smallest absolute Gasteiger partial charge is 0.304 e. The first-order valence-corrected chi connectivity index (χ1v) is 7.48. The van der Waals surface area contributed by atoms with E-state index >= 15 is 0 Å². The lowest BCUT2D eigenvalue weighted by Crippen LogP contribution is -2.42. The van der Waals surface area contributed by atoms with Crippen molar-refractivity contribution >= 4 is 16.0 Å². The normalized spacial score (nSPS) is 18.9. The number of nitrogens with zero attached hydrogens (tertiary/aromatic N) is 1. The van der Waals surface area contributed by atoms with Gasteiger partial charge in [-0.3, -0.25) is 4.79 Å². The second-order valence-corrected chi connectivity index (χ2v) is 6.24. The Bertz CT molecular complexity index is 361. The minimum atomic E-state index is -3.47. The quantitative estimate of drug-likeness (QED) is 0.637. The zero-order valence-corrected chi connectivity index (χ0v) is 10.9. The van der Waals surface area contributed by atoms with Gasteiger partial charge in [0, 0.05) is 13.1 Å². The van der Waals surface area contributed by atoms with Crippen molar-refractivity contribution < 1.29 is 28.2 Å². The summed E-state index contributed by atoms with van der Waals surface area (Å²) in [5, 5.41) is 17.1. The molecule has 1 aliphatic rings. The van der Waals surface area contributed by atoms with Crippen LogP contribution in [0.3, 0.4) is 0 Å². The average Bonchev–Trinajstić information content (AvgIpc) is 2.34. The average molecular weight is 281 g/mol. The first-order chi connectivity index (χ1) is 8.45. The topological polar surface area (TPSA) is 104 Å². The molecule has 8 heteroatoms. The number of sulfonamides is 1. The van der Waals surface area contributed by atoms with E-state index < -0.39 is 16.0 Å². The number of piperidine rings is 1. The molecule has 1 aliphatic heterocycles. The number of carbonyl (C=O) groups is 1. The van der Waals surface area contributed by atoms with Crippen LogP contribution in [0.5, 0.6) is 0 Å². The van der Waals surface area contributed by atoms with Gasteiger partial charge in [0.05, 0.1) is 31.5 Å². The van der Waals surface area contributed by atoms with Gasteiger partial charge in [0.1, 0.15) is 0 Å². The summed E-state index contributed by atoms with van der Waals surface area (Å²) in [6, 6.07) is 0. The number of carboxylic acid groups (broad SMARTS) is 1. The molecule has 1 rings (SSSR count). The summed E-state index contributed by atoms with van der Waals surface area (Å²) in [7, 11) is -3.47. The van der Waals surface area contributed by atoms with E-state index in [0.29, 0.717) is 25.9 Å². The number of aliphatic carboxylic acids is 1. The molecule has 2 N–H and O–H groups in total. The molecule has 0 unspecified atom stereocenters. The molecule has 0 aliphatic carbocycles. The first kappa shape index (κ1) is 15.4. The van der Waals surface area contributed by atoms with Crippen LogP contribution in [-0.4, -0.2) is 67.1 Å². The SMILES string of the molecule is O=C(O)CCS(=O)(=O)N1CCC(OCCO)CC1. The summed E-state index contributed by atoms with van der Waals surface area (Å²) in [6.45, 7) is 0.906. The maximum absolute atomic E-state index is 11.8. The molecule has 0 aromatic heterocycles. The Morgan fingerprint density at radius 2 is 1.94 bits per heavy atom. The Hall–Kier alpha value is -0.700. The van der Waals surface area contributed by atoms with Crippen LogP contribution in [0.1, 0.15) is 19.3 Å². The number of aliphatic hydroxyl groups is 1. The predicted molar refractivity (Wildman–Crippen MR) is 63.7 cm³/mol. The number of rotatable bonds is 7. The van der Waals surface area contributed by atoms with Crippen LogP contribution in [0.25, 0.3) is 0 Å². The minimum absolute atomic E-state index is 0.0249. The molecule has 0 amide bonds. The van der Waals surface area contributed by atoms with E-state index in [1.165, 1.54) is 4.31 Å². The number of hydrogen-bond donors (Lipinski definition) is 2. The molecule has 1 heterocycles. The van der Waals surface area contributed by atoms with Crippen LogP contribution in [-0.2, 0) is 19.6 Å². The van der Waals surface area contributed by atoms with Gasteiger partial charge in [-0.25, -0.2) is 12.7 Å². The molecule has 0 bridgehead atoms. The minimum Gasteiger partial charge on any atom is -0.481 e. The number of hydrogen-bond acceptors (Lipinski definition) is 5. The van der Waals surface area contributed by atoms with Crippen LogP contribution in [0.2, 0.25) is 0 Å². The number of aliphatic hydroxyl groups excluding tert-OH is 1. The van der Waals surface area contributed by atoms with Gasteiger partial charge in [0.15, 0.2) is 0 Å². The number of ether oxygens (including phenoxy) is 1. The predicted octanol–water partition coefficient (Wildman–Crippen LogP) is -0.736. The third-order valence-electron chi connectivity index (χ3n) is 2.81. The van der Waals surface area contributed by atoms with Crippen LogP contribution < -0.4 is 0 Å². The Morgan fingerprint density at radius 1 is 1.33 bits per heavy atom. The van der Waals surface area contributed by atoms with E-state index in [1.54, 1.807) is 0 Å². The molecule has 0 aromatic carbocycles. The van der Waals surface area contributed by atoms with Crippen molar-refractivity contribution in [3.05, 3.63) is 0 Å². The van der Waals surface area contributed by atoms with Crippen LogP contribution in [0.15, 0.2) is 0 Å². The molecule has 0 atom stereocenters. The first-order valence-electron chi connectivity index (χ1n) is 5.88. The highest BCUT2D eigenvalue weighted by Gasteiger charge is 2.28. The van der Waals surface area contributed by atoms with E-state index in [1.807, 2.05) is 0 Å². The molecule has 0 radical (unpaired) electrons. The second-order valence-electron chi connectivity index (χ2n) is 4.15. The second kappa shape index (κ2) is 7.03. The fraction of sp³-hybridized carbons (Fsp3) is 0.900. The highest BCUT2D eigenvalue weighted by Crippen LogP contribution is 2.17. The molecule has 18 heavy (non-hydrogen) atoms. The fourth-order valence-electron chi connectivity index (χ4n) is 1.84. The summed E-state index contributed by atoms with van der Waals surface area (Å²) in [4.78, 5) is 10.4. The lowest BCUT2D eigenvalue weighted by molar-refractivity contribution is -0.136. The molecule has 1 saturated heterocycles. The van der Waals surface area contributed by atoms with Crippen molar-refractivity contribution in [2.75, 3.05) is 32.1 Å². The zero-order valence-electron chi connectivity index (χ0n) is 10.1. The highest BCUT2D eigenvalue weighted by molar-refractivity contribution is 7.89. The van der Waals surface area contributed by atoms with Gasteiger partial charge in [-0.2, -0.15) is 0 Å². The molecule has 1 fully saturated rings. The molecule has 0 spiro atoms. The van der Waals surface area contributed by atoms with Gasteiger partial charge in [0.2, 0.25) is 10.0 Å². The lowest BCUT2D eigenvalue weighted by Gasteiger charge is -2.30. The Balaban J connectivity index is 2.39. The number of carboxylic acids is 1. The maximum atomic E-state index is 11.8. The van der Waals surface area contributed by atoms with Crippen LogP contribution >= 0.6 is 0 Å². The van der Waals surface area contributed by atoms with Crippen molar-refractivity contribution in [3.8, 4) is 0 Å². The van der Waals surface area contributed by atoms with Crippen molar-refractivity contribution in [2.45, 2.75) is 25.4 Å². The lowest BCUT2D eigenvalue weighted by atomic mass is 10.1. The Kier molecular flexibility index (Phi) is 6.00. The summed E-state index contributed by atoms with van der Waals surface area (Å²) in [5.41, 5.74) is 0. The van der Waals surface area contributed by atoms with E-state index in [4.69, 9.17) is 14.9 Å². The van der Waals surface area contributed by atoms with Crippen molar-refractivity contribution in [2.24, 2.45) is 0 Å². The molecule has 0 saturated carbocycles. The van der Waals surface area contributed by atoms with Gasteiger partial charge in [-0.05, 0) is 12.8 Å². The van der Waals surface area contributed by atoms with E-state index in [9.17, 15) is 13.2 Å². The highest BCUT2D eigenvalue weighted by atomic mass is 32.2. The monoisotopic (exact) mass is 281 g/mol. The molecular weight excluding hydrogens is 262 g/mol. The largest absolute Gasteiger partial charge is 0.481 e. The molecule has 7 nitrogen and oxygen atoms in total. The standard InChI is InChI=1S/C10H19NO6S/c12-6-7-17-9-1-4-11(5-2-9)18(15,16)8-3-10(13)14/h9,12H,1-8H2,(H,13,14). The summed E-state index contributed by atoms with van der Waals surface area (Å²) in [6.07, 6.45) is 0.755. The maximum Gasteiger partial charge on any atom is 0.304 e. The summed E-state index contributed by atoms with van der Waals surface area (Å²) < 4.78 is 30.2. The van der Waals surface area contributed by atoms with Crippen LogP contribution in [0.4, 0.5) is 0 Å². The zero-order chi connectivity index (χ0) is 13.6. The van der Waals surface area contributed by atoms with Gasteiger partial charge in [-0.15, -0.1) is 0 Å². The molecule has 106 valence electrons. The van der Waals surface area contributed by atoms with Crippen LogP contribution in [0, 0.1) is 0 Å². The third-order valence-corrected chi connectivity index (χ3v) is 4.69. The summed E-state index contributed by atoms with van der Waals surface area (Å²) in [5.74, 6) is -1.47. The molecule has 0 aromatic rings. The van der Waals surface area contributed by atoms with Gasteiger partial charge in [0.25, 0.3) is 0 Å². The summed E-state index contributed by atoms with van der Waals surface area (Å²) >= 11 is 0. The Morgan fingerprint density at radius 3 is 2.44 bits per heavy atom. The Labute approximate surface area is 106 Å². The third kappa shape index (κ3) is 4.89. The van der Waals surface area contributed by atoms with E-state index in [-0.39, 0.29) is 31.5 Å². The van der Waals surface area contributed by atoms with Gasteiger partial charge >= 0.3 is 5.97 Å². The van der Waals surface area contributed by atoms with E-state index in [2.05, 4.69) is 0 Å². The van der Waals surface area contributed by atoms with Gasteiger partial charge in [-0.1, -0.05) is 0 Å². The van der Waals surface area contributed by atoms with Crippen molar-refractivity contribution in [1.82, 2.24) is 4.31 Å². The van der Waals surface area contributed by atoms with E-state index in [0.717, 1.165) is 0 Å². The van der Waals surface area contributed by atoms with Crippen molar-refractivity contribution in [1.29, 1.82) is 0 Å². The molecular formula is C10H19NO6S. The fourth-order valence-corrected chi connectivity index (χ4v) is 3.30. The van der Waals surface area contributed by atoms with Crippen molar-refractivity contribution in [3.63, 3.8) is 0 Å².